The average molecular weight is 360 g/mol. The number of piperidine rings is 1. The van der Waals surface area contributed by atoms with Crippen LogP contribution in [-0.2, 0) is 9.59 Å². The van der Waals surface area contributed by atoms with Crippen LogP contribution in [-0.4, -0.2) is 42.4 Å². The Balaban J connectivity index is 2.26. The summed E-state index contributed by atoms with van der Waals surface area (Å²) in [4.78, 5) is 62.9. The zero-order valence-electron chi connectivity index (χ0n) is 13.4. The van der Waals surface area contributed by atoms with Crippen molar-refractivity contribution in [1.82, 2.24) is 14.5 Å². The number of carboxylic acid groups (broad SMARTS) is 1. The van der Waals surface area contributed by atoms with Crippen LogP contribution in [0.5, 0.6) is 0 Å². The van der Waals surface area contributed by atoms with Gasteiger partial charge < -0.3 is 5.11 Å². The van der Waals surface area contributed by atoms with Crippen LogP contribution in [0.15, 0.2) is 23.0 Å². The van der Waals surface area contributed by atoms with Gasteiger partial charge in [-0.2, -0.15) is 4.90 Å². The Hall–Kier alpha value is -3.63. The number of nitro benzene ring substituents is 1. The van der Waals surface area contributed by atoms with Gasteiger partial charge in [-0.3, -0.25) is 29.1 Å². The zero-order valence-corrected chi connectivity index (χ0v) is 13.4. The summed E-state index contributed by atoms with van der Waals surface area (Å²) in [7, 11) is 0. The summed E-state index contributed by atoms with van der Waals surface area (Å²) < 4.78 is 0.917. The van der Waals surface area contributed by atoms with Crippen molar-refractivity contribution in [1.29, 1.82) is 0 Å². The summed E-state index contributed by atoms with van der Waals surface area (Å²) in [6.07, 6.45) is -2.10. The standard InChI is InChI=1S/C15H12N4O7/c1-7-16-8-3-2-4-9(19(25)26)12(8)14(22)17(7)10-5-6-11(20)18(13(10)21)15(23)24/h2-4,10H,5-6H2,1H3,(H,23,24)/t10-/m0/s1. The molecule has 1 aromatic carbocycles. The minimum Gasteiger partial charge on any atom is -0.464 e. The van der Waals surface area contributed by atoms with Crippen molar-refractivity contribution in [2.45, 2.75) is 25.8 Å². The number of nitro groups is 1. The lowest BCUT2D eigenvalue weighted by Gasteiger charge is -2.29. The maximum Gasteiger partial charge on any atom is 0.421 e. The fourth-order valence-electron chi connectivity index (χ4n) is 3.06. The van der Waals surface area contributed by atoms with Crippen LogP contribution < -0.4 is 5.56 Å². The zero-order chi connectivity index (χ0) is 19.2. The number of fused-ring (bicyclic) bond motifs is 1. The highest BCUT2D eigenvalue weighted by atomic mass is 16.6. The molecule has 3 rings (SSSR count). The Morgan fingerprint density at radius 1 is 1.35 bits per heavy atom. The average Bonchev–Trinajstić information content (AvgIpc) is 2.55. The molecule has 1 aromatic heterocycles. The molecule has 11 heteroatoms. The second-order valence-electron chi connectivity index (χ2n) is 5.67. The minimum atomic E-state index is -1.74. The molecule has 11 nitrogen and oxygen atoms in total. The highest BCUT2D eigenvalue weighted by molar-refractivity contribution is 6.11. The van der Waals surface area contributed by atoms with Gasteiger partial charge in [-0.15, -0.1) is 0 Å². The summed E-state index contributed by atoms with van der Waals surface area (Å²) in [5.74, 6) is -1.89. The van der Waals surface area contributed by atoms with Gasteiger partial charge in [0.25, 0.3) is 17.2 Å². The van der Waals surface area contributed by atoms with Gasteiger partial charge >= 0.3 is 6.09 Å². The normalized spacial score (nSPS) is 17.6. The molecule has 2 aromatic rings. The Bertz CT molecular complexity index is 1040. The van der Waals surface area contributed by atoms with E-state index in [4.69, 9.17) is 5.11 Å². The number of imide groups is 3. The molecule has 1 atom stereocenters. The lowest BCUT2D eigenvalue weighted by atomic mass is 10.0. The van der Waals surface area contributed by atoms with E-state index in [2.05, 4.69) is 4.98 Å². The molecule has 2 heterocycles. The highest BCUT2D eigenvalue weighted by Crippen LogP contribution is 2.26. The molecule has 1 fully saturated rings. The molecule has 0 saturated carbocycles. The number of amides is 3. The topological polar surface area (TPSA) is 153 Å². The van der Waals surface area contributed by atoms with E-state index in [1.807, 2.05) is 0 Å². The molecule has 1 aliphatic rings. The first-order valence-electron chi connectivity index (χ1n) is 7.50. The second-order valence-corrected chi connectivity index (χ2v) is 5.67. The monoisotopic (exact) mass is 360 g/mol. The molecule has 134 valence electrons. The summed E-state index contributed by atoms with van der Waals surface area (Å²) in [6, 6.07) is 2.67. The van der Waals surface area contributed by atoms with Gasteiger partial charge in [0.05, 0.1) is 10.4 Å². The summed E-state index contributed by atoms with van der Waals surface area (Å²) in [5, 5.41) is 20.0. The maximum absolute atomic E-state index is 12.9. The Morgan fingerprint density at radius 3 is 2.65 bits per heavy atom. The number of carbonyl (C=O) groups is 3. The van der Waals surface area contributed by atoms with Crippen LogP contribution in [0.3, 0.4) is 0 Å². The highest BCUT2D eigenvalue weighted by Gasteiger charge is 2.40. The first kappa shape index (κ1) is 17.2. The van der Waals surface area contributed by atoms with Gasteiger partial charge in [0.15, 0.2) is 0 Å². The number of hydrogen-bond acceptors (Lipinski definition) is 7. The fraction of sp³-hybridized carbons (Fsp3) is 0.267. The van der Waals surface area contributed by atoms with E-state index in [0.717, 1.165) is 10.6 Å². The van der Waals surface area contributed by atoms with Crippen LogP contribution in [0.1, 0.15) is 24.7 Å². The fourth-order valence-corrected chi connectivity index (χ4v) is 3.06. The number of carbonyl (C=O) groups excluding carboxylic acids is 2. The molecule has 1 aliphatic heterocycles. The first-order valence-corrected chi connectivity index (χ1v) is 7.50. The molecule has 1 saturated heterocycles. The van der Waals surface area contributed by atoms with E-state index in [-0.39, 0.29) is 34.5 Å². The van der Waals surface area contributed by atoms with Gasteiger partial charge in [-0.1, -0.05) is 6.07 Å². The molecule has 0 bridgehead atoms. The number of benzene rings is 1. The van der Waals surface area contributed by atoms with Crippen LogP contribution >= 0.6 is 0 Å². The van der Waals surface area contributed by atoms with Crippen molar-refractivity contribution < 1.29 is 24.4 Å². The number of non-ortho nitro benzene ring substituents is 1. The van der Waals surface area contributed by atoms with Crippen molar-refractivity contribution in [3.63, 3.8) is 0 Å². The van der Waals surface area contributed by atoms with Gasteiger partial charge in [0, 0.05) is 12.5 Å². The summed E-state index contributed by atoms with van der Waals surface area (Å²) in [5.41, 5.74) is -1.21. The molecule has 3 amide bonds. The van der Waals surface area contributed by atoms with Crippen molar-refractivity contribution in [3.8, 4) is 0 Å². The Kier molecular flexibility index (Phi) is 3.98. The van der Waals surface area contributed by atoms with Gasteiger partial charge in [-0.05, 0) is 19.4 Å². The second kappa shape index (κ2) is 6.02. The molecule has 0 unspecified atom stereocenters. The van der Waals surface area contributed by atoms with Crippen LogP contribution in [0.4, 0.5) is 10.5 Å². The van der Waals surface area contributed by atoms with Gasteiger partial charge in [0.1, 0.15) is 17.3 Å². The lowest BCUT2D eigenvalue weighted by Crippen LogP contribution is -2.50. The van der Waals surface area contributed by atoms with Gasteiger partial charge in [-0.25, -0.2) is 9.78 Å². The van der Waals surface area contributed by atoms with Crippen molar-refractivity contribution in [2.24, 2.45) is 0 Å². The van der Waals surface area contributed by atoms with Crippen LogP contribution in [0.2, 0.25) is 0 Å². The quantitative estimate of drug-likeness (QED) is 0.472. The maximum atomic E-state index is 12.9. The largest absolute Gasteiger partial charge is 0.464 e. The third-order valence-electron chi connectivity index (χ3n) is 4.17. The van der Waals surface area contributed by atoms with E-state index < -0.39 is 40.1 Å². The first-order chi connectivity index (χ1) is 12.2. The number of hydrogen-bond donors (Lipinski definition) is 1. The van der Waals surface area contributed by atoms with E-state index in [0.29, 0.717) is 0 Å². The van der Waals surface area contributed by atoms with E-state index >= 15 is 0 Å². The number of rotatable bonds is 2. The number of aromatic nitrogens is 2. The lowest BCUT2D eigenvalue weighted by molar-refractivity contribution is -0.383. The van der Waals surface area contributed by atoms with E-state index in [1.165, 1.54) is 19.1 Å². The molecule has 1 N–H and O–H groups in total. The smallest absolute Gasteiger partial charge is 0.421 e. The van der Waals surface area contributed by atoms with Crippen LogP contribution in [0, 0.1) is 17.0 Å². The van der Waals surface area contributed by atoms with E-state index in [9.17, 15) is 29.3 Å². The predicted molar refractivity (Wildman–Crippen MR) is 85.5 cm³/mol. The van der Waals surface area contributed by atoms with E-state index in [1.54, 1.807) is 0 Å². The van der Waals surface area contributed by atoms with Crippen LogP contribution in [0.25, 0.3) is 10.9 Å². The number of likely N-dealkylation sites (tertiary alicyclic amines) is 1. The Labute approximate surface area is 144 Å². The third-order valence-corrected chi connectivity index (χ3v) is 4.17. The SMILES string of the molecule is Cc1nc2cccc([N+](=O)[O-])c2c(=O)n1[C@H]1CCC(=O)N(C(=O)O)C1=O. The summed E-state index contributed by atoms with van der Waals surface area (Å²) >= 11 is 0. The molecule has 0 spiro atoms. The minimum absolute atomic E-state index is 0.0592. The number of nitrogens with zero attached hydrogens (tertiary/aromatic N) is 4. The molecule has 0 radical (unpaired) electrons. The third kappa shape index (κ3) is 2.49. The summed E-state index contributed by atoms with van der Waals surface area (Å²) in [6.45, 7) is 1.43. The molecule has 26 heavy (non-hydrogen) atoms. The molecular weight excluding hydrogens is 348 g/mol. The predicted octanol–water partition coefficient (Wildman–Crippen LogP) is 0.981. The molecule has 0 aliphatic carbocycles. The van der Waals surface area contributed by atoms with Crippen molar-refractivity contribution >= 4 is 34.5 Å². The van der Waals surface area contributed by atoms with Gasteiger partial charge in [0.2, 0.25) is 5.91 Å². The Morgan fingerprint density at radius 2 is 2.04 bits per heavy atom. The number of aryl methyl sites for hydroxylation is 1. The molecular formula is C15H12N4O7. The van der Waals surface area contributed by atoms with Crippen molar-refractivity contribution in [3.05, 3.63) is 44.5 Å². The van der Waals surface area contributed by atoms with Crippen molar-refractivity contribution in [2.75, 3.05) is 0 Å².